The van der Waals surface area contributed by atoms with Crippen molar-refractivity contribution in [2.45, 2.75) is 33.1 Å². The highest BCUT2D eigenvalue weighted by atomic mass is 16.1. The maximum absolute atomic E-state index is 11.7. The molecule has 1 nitrogen and oxygen atoms in total. The molecular weight excluding hydrogens is 208 g/mol. The highest BCUT2D eigenvalue weighted by molar-refractivity contribution is 5.91. The highest BCUT2D eigenvalue weighted by Gasteiger charge is 1.97. The van der Waals surface area contributed by atoms with Crippen molar-refractivity contribution in [1.82, 2.24) is 0 Å². The largest absolute Gasteiger partial charge is 0.294 e. The Morgan fingerprint density at radius 3 is 2.35 bits per heavy atom. The van der Waals surface area contributed by atoms with E-state index in [4.69, 9.17) is 0 Å². The van der Waals surface area contributed by atoms with E-state index < -0.39 is 0 Å². The Morgan fingerprint density at radius 2 is 1.76 bits per heavy atom. The lowest BCUT2D eigenvalue weighted by Gasteiger charge is -1.97. The van der Waals surface area contributed by atoms with Crippen molar-refractivity contribution in [3.8, 4) is 0 Å². The molecule has 0 aliphatic rings. The van der Waals surface area contributed by atoms with Crippen molar-refractivity contribution in [1.29, 1.82) is 0 Å². The molecule has 0 atom stereocenters. The third kappa shape index (κ3) is 5.30. The van der Waals surface area contributed by atoms with Crippen LogP contribution in [0.4, 0.5) is 0 Å². The second-order valence-corrected chi connectivity index (χ2v) is 4.02. The van der Waals surface area contributed by atoms with Gasteiger partial charge in [0.2, 0.25) is 0 Å². The van der Waals surface area contributed by atoms with E-state index >= 15 is 0 Å². The van der Waals surface area contributed by atoms with Gasteiger partial charge in [0.15, 0.2) is 5.78 Å². The standard InChI is InChI=1S/C16H20O/c1-3-14(4-2)11-8-12-16(17)13-15-9-6-5-7-10-15/h5-12H,3-4,13H2,1-2H3/b12-8+. The van der Waals surface area contributed by atoms with Crippen molar-refractivity contribution < 1.29 is 4.79 Å². The first kappa shape index (κ1) is 13.4. The molecule has 0 aliphatic heterocycles. The molecule has 0 N–H and O–H groups in total. The molecule has 0 spiro atoms. The minimum Gasteiger partial charge on any atom is -0.294 e. The summed E-state index contributed by atoms with van der Waals surface area (Å²) in [4.78, 5) is 11.7. The van der Waals surface area contributed by atoms with Crippen LogP contribution in [0.25, 0.3) is 0 Å². The van der Waals surface area contributed by atoms with Crippen LogP contribution < -0.4 is 0 Å². The van der Waals surface area contributed by atoms with E-state index in [1.54, 1.807) is 6.08 Å². The van der Waals surface area contributed by atoms with E-state index in [0.717, 1.165) is 18.4 Å². The fourth-order valence-electron chi connectivity index (χ4n) is 1.63. The second-order valence-electron chi connectivity index (χ2n) is 4.02. The SMILES string of the molecule is CCC(=C/C=C/C(=O)Cc1ccccc1)CC. The van der Waals surface area contributed by atoms with Gasteiger partial charge < -0.3 is 0 Å². The fourth-order valence-corrected chi connectivity index (χ4v) is 1.63. The van der Waals surface area contributed by atoms with Gasteiger partial charge in [-0.05, 0) is 24.5 Å². The molecule has 0 unspecified atom stereocenters. The number of hydrogen-bond donors (Lipinski definition) is 0. The van der Waals surface area contributed by atoms with Gasteiger partial charge in [-0.3, -0.25) is 4.79 Å². The van der Waals surface area contributed by atoms with Crippen LogP contribution >= 0.6 is 0 Å². The van der Waals surface area contributed by atoms with Crippen LogP contribution in [0.5, 0.6) is 0 Å². The van der Waals surface area contributed by atoms with Crippen molar-refractivity contribution in [3.63, 3.8) is 0 Å². The van der Waals surface area contributed by atoms with Crippen molar-refractivity contribution in [2.24, 2.45) is 0 Å². The third-order valence-electron chi connectivity index (χ3n) is 2.74. The molecule has 17 heavy (non-hydrogen) atoms. The Bertz CT molecular complexity index is 393. The number of allylic oxidation sites excluding steroid dienone is 4. The van der Waals surface area contributed by atoms with Gasteiger partial charge in [0.05, 0.1) is 0 Å². The van der Waals surface area contributed by atoms with Gasteiger partial charge in [-0.25, -0.2) is 0 Å². The van der Waals surface area contributed by atoms with Gasteiger partial charge in [-0.1, -0.05) is 61.9 Å². The normalized spacial score (nSPS) is 10.5. The number of hydrogen-bond acceptors (Lipinski definition) is 1. The van der Waals surface area contributed by atoms with Crippen molar-refractivity contribution >= 4 is 5.78 Å². The Hall–Kier alpha value is -1.63. The van der Waals surface area contributed by atoms with Gasteiger partial charge in [-0.15, -0.1) is 0 Å². The molecule has 0 radical (unpaired) electrons. The second kappa shape index (κ2) is 7.61. The summed E-state index contributed by atoms with van der Waals surface area (Å²) < 4.78 is 0. The van der Waals surface area contributed by atoms with E-state index in [9.17, 15) is 4.79 Å². The topological polar surface area (TPSA) is 17.1 Å². The summed E-state index contributed by atoms with van der Waals surface area (Å²) >= 11 is 0. The van der Waals surface area contributed by atoms with Gasteiger partial charge in [0.25, 0.3) is 0 Å². The quantitative estimate of drug-likeness (QED) is 0.529. The van der Waals surface area contributed by atoms with Crippen LogP contribution in [0, 0.1) is 0 Å². The molecule has 0 aromatic heterocycles. The maximum atomic E-state index is 11.7. The average molecular weight is 228 g/mol. The van der Waals surface area contributed by atoms with E-state index in [-0.39, 0.29) is 5.78 Å². The number of rotatable bonds is 6. The first-order valence-electron chi connectivity index (χ1n) is 6.19. The summed E-state index contributed by atoms with van der Waals surface area (Å²) in [7, 11) is 0. The minimum atomic E-state index is 0.152. The molecule has 1 aromatic carbocycles. The van der Waals surface area contributed by atoms with Crippen molar-refractivity contribution in [3.05, 3.63) is 59.7 Å². The summed E-state index contributed by atoms with van der Waals surface area (Å²) in [5, 5.41) is 0. The molecule has 0 saturated carbocycles. The predicted octanol–water partition coefficient (Wildman–Crippen LogP) is 4.10. The van der Waals surface area contributed by atoms with Gasteiger partial charge in [0, 0.05) is 6.42 Å². The molecule has 90 valence electrons. The van der Waals surface area contributed by atoms with Crippen LogP contribution in [-0.2, 0) is 11.2 Å². The van der Waals surface area contributed by atoms with Crippen molar-refractivity contribution in [2.75, 3.05) is 0 Å². The van der Waals surface area contributed by atoms with Crippen LogP contribution in [0.3, 0.4) is 0 Å². The number of carbonyl (C=O) groups is 1. The molecule has 1 aromatic rings. The Kier molecular flexibility index (Phi) is 6.02. The predicted molar refractivity (Wildman–Crippen MR) is 73.0 cm³/mol. The van der Waals surface area contributed by atoms with Gasteiger partial charge in [0.1, 0.15) is 0 Å². The number of benzene rings is 1. The Morgan fingerprint density at radius 1 is 1.12 bits per heavy atom. The maximum Gasteiger partial charge on any atom is 0.160 e. The molecular formula is C16H20O. The van der Waals surface area contributed by atoms with E-state index in [2.05, 4.69) is 13.8 Å². The van der Waals surface area contributed by atoms with Gasteiger partial charge in [-0.2, -0.15) is 0 Å². The molecule has 0 heterocycles. The average Bonchev–Trinajstić information content (AvgIpc) is 2.36. The zero-order valence-corrected chi connectivity index (χ0v) is 10.6. The lowest BCUT2D eigenvalue weighted by molar-refractivity contribution is -0.114. The van der Waals surface area contributed by atoms with E-state index in [1.165, 1.54) is 5.57 Å². The zero-order chi connectivity index (χ0) is 12.5. The minimum absolute atomic E-state index is 0.152. The lowest BCUT2D eigenvalue weighted by atomic mass is 10.1. The smallest absolute Gasteiger partial charge is 0.160 e. The molecule has 0 amide bonds. The zero-order valence-electron chi connectivity index (χ0n) is 10.6. The molecule has 1 heteroatoms. The first-order chi connectivity index (χ1) is 8.26. The third-order valence-corrected chi connectivity index (χ3v) is 2.74. The van der Waals surface area contributed by atoms with Crippen LogP contribution in [0.15, 0.2) is 54.1 Å². The molecule has 0 bridgehead atoms. The van der Waals surface area contributed by atoms with E-state index in [1.807, 2.05) is 42.5 Å². The first-order valence-corrected chi connectivity index (χ1v) is 6.19. The summed E-state index contributed by atoms with van der Waals surface area (Å²) in [5.41, 5.74) is 2.44. The molecule has 0 fully saturated rings. The van der Waals surface area contributed by atoms with Crippen LogP contribution in [0.1, 0.15) is 32.3 Å². The number of ketones is 1. The van der Waals surface area contributed by atoms with E-state index in [0.29, 0.717) is 6.42 Å². The lowest BCUT2D eigenvalue weighted by Crippen LogP contribution is -1.97. The Balaban J connectivity index is 2.50. The highest BCUT2D eigenvalue weighted by Crippen LogP contribution is 2.05. The molecule has 0 aliphatic carbocycles. The summed E-state index contributed by atoms with van der Waals surface area (Å²) in [6.07, 6.45) is 8.16. The summed E-state index contributed by atoms with van der Waals surface area (Å²) in [6.45, 7) is 4.27. The van der Waals surface area contributed by atoms with Crippen LogP contribution in [0.2, 0.25) is 0 Å². The van der Waals surface area contributed by atoms with Gasteiger partial charge >= 0.3 is 0 Å². The van der Waals surface area contributed by atoms with Crippen LogP contribution in [-0.4, -0.2) is 5.78 Å². The monoisotopic (exact) mass is 228 g/mol. The molecule has 1 rings (SSSR count). The summed E-state index contributed by atoms with van der Waals surface area (Å²) in [6, 6.07) is 9.83. The molecule has 0 saturated heterocycles. The fraction of sp³-hybridized carbons (Fsp3) is 0.312. The Labute approximate surface area is 104 Å². The number of carbonyl (C=O) groups excluding carboxylic acids is 1. The summed E-state index contributed by atoms with van der Waals surface area (Å²) in [5.74, 6) is 0.152.